The normalized spacial score (nSPS) is 25.3. The minimum absolute atomic E-state index is 0.0245. The first-order chi connectivity index (χ1) is 18.1. The minimum Gasteiger partial charge on any atom is -0.491 e. The van der Waals surface area contributed by atoms with E-state index in [2.05, 4.69) is 73.8 Å². The Morgan fingerprint density at radius 3 is 2.23 bits per heavy atom. The number of esters is 1. The Balaban J connectivity index is 1.87. The van der Waals surface area contributed by atoms with E-state index in [1.54, 1.807) is 0 Å². The van der Waals surface area contributed by atoms with E-state index in [1.807, 2.05) is 6.08 Å². The lowest BCUT2D eigenvalue weighted by atomic mass is 9.91. The summed E-state index contributed by atoms with van der Waals surface area (Å²) in [5.41, 5.74) is -0.754. The van der Waals surface area contributed by atoms with Crippen molar-refractivity contribution < 1.29 is 36.3 Å². The monoisotopic (exact) mass is 600 g/mol. The van der Waals surface area contributed by atoms with Crippen LogP contribution in [0.3, 0.4) is 0 Å². The van der Waals surface area contributed by atoms with Gasteiger partial charge in [0, 0.05) is 18.3 Å². The molecule has 1 saturated carbocycles. The van der Waals surface area contributed by atoms with Crippen molar-refractivity contribution in [3.05, 3.63) is 42.0 Å². The maximum absolute atomic E-state index is 13.2. The number of carbonyl (C=O) groups excluding carboxylic acids is 1. The average molecular weight is 601 g/mol. The van der Waals surface area contributed by atoms with Crippen LogP contribution in [0.25, 0.3) is 0 Å². The zero-order valence-corrected chi connectivity index (χ0v) is 27.6. The summed E-state index contributed by atoms with van der Waals surface area (Å²) in [7, 11) is -4.35. The number of ether oxygens (including phenoxy) is 2. The molecule has 0 unspecified atom stereocenters. The number of rotatable bonds is 9. The summed E-state index contributed by atoms with van der Waals surface area (Å²) in [4.78, 5) is 12.1. The number of hydrogen-bond acceptors (Lipinski definition) is 5. The highest BCUT2D eigenvalue weighted by Gasteiger charge is 2.52. The molecule has 2 fully saturated rings. The van der Waals surface area contributed by atoms with Gasteiger partial charge in [-0.3, -0.25) is 4.79 Å². The molecule has 5 nitrogen and oxygen atoms in total. The molecule has 1 heterocycles. The molecule has 0 radical (unpaired) electrons. The molecule has 226 valence electrons. The molecular weight excluding hydrogens is 553 g/mol. The zero-order chi connectivity index (χ0) is 30.3. The van der Waals surface area contributed by atoms with Gasteiger partial charge in [0.05, 0.1) is 24.2 Å². The van der Waals surface area contributed by atoms with Crippen molar-refractivity contribution >= 4 is 22.6 Å². The van der Waals surface area contributed by atoms with Crippen LogP contribution in [0.4, 0.5) is 13.2 Å². The van der Waals surface area contributed by atoms with Crippen LogP contribution in [-0.2, 0) is 24.6 Å². The van der Waals surface area contributed by atoms with Crippen LogP contribution >= 0.6 is 0 Å². The van der Waals surface area contributed by atoms with Crippen LogP contribution in [0.2, 0.25) is 36.3 Å². The lowest BCUT2D eigenvalue weighted by Gasteiger charge is -2.40. The van der Waals surface area contributed by atoms with Crippen LogP contribution in [-0.4, -0.2) is 47.5 Å². The van der Waals surface area contributed by atoms with Crippen LogP contribution in [0.15, 0.2) is 36.4 Å². The van der Waals surface area contributed by atoms with Crippen molar-refractivity contribution in [2.45, 2.75) is 115 Å². The first-order valence-electron chi connectivity index (χ1n) is 14.1. The third kappa shape index (κ3) is 7.80. The second-order valence-electron chi connectivity index (χ2n) is 14.3. The molecule has 2 aliphatic rings. The number of halogens is 3. The van der Waals surface area contributed by atoms with Gasteiger partial charge in [0.2, 0.25) is 0 Å². The smallest absolute Gasteiger partial charge is 0.416 e. The molecule has 0 spiro atoms. The predicted octanol–water partition coefficient (Wildman–Crippen LogP) is 8.37. The van der Waals surface area contributed by atoms with E-state index in [-0.39, 0.29) is 52.4 Å². The third-order valence-electron chi connectivity index (χ3n) is 9.18. The summed E-state index contributed by atoms with van der Waals surface area (Å²) >= 11 is 0. The number of hydrogen-bond donors (Lipinski definition) is 0. The van der Waals surface area contributed by atoms with Crippen LogP contribution < -0.4 is 4.74 Å². The maximum atomic E-state index is 13.2. The second kappa shape index (κ2) is 11.6. The largest absolute Gasteiger partial charge is 0.491 e. The first-order valence-corrected chi connectivity index (χ1v) is 20.0. The quantitative estimate of drug-likeness (QED) is 0.162. The molecule has 0 aromatic heterocycles. The molecule has 0 amide bonds. The fourth-order valence-corrected chi connectivity index (χ4v) is 7.34. The summed E-state index contributed by atoms with van der Waals surface area (Å²) in [6.45, 7) is 21.8. The van der Waals surface area contributed by atoms with E-state index < -0.39 is 34.5 Å². The summed E-state index contributed by atoms with van der Waals surface area (Å²) in [5.74, 6) is -0.0517. The Hall–Kier alpha value is -1.63. The molecule has 1 aromatic carbocycles. The van der Waals surface area contributed by atoms with Crippen molar-refractivity contribution in [2.75, 3.05) is 6.61 Å². The highest BCUT2D eigenvalue weighted by Crippen LogP contribution is 2.47. The lowest BCUT2D eigenvalue weighted by Crippen LogP contribution is -2.45. The van der Waals surface area contributed by atoms with Gasteiger partial charge >= 0.3 is 12.1 Å². The van der Waals surface area contributed by atoms with E-state index in [0.717, 1.165) is 12.1 Å². The van der Waals surface area contributed by atoms with Gasteiger partial charge < -0.3 is 18.3 Å². The Morgan fingerprint density at radius 2 is 1.65 bits per heavy atom. The van der Waals surface area contributed by atoms with E-state index in [0.29, 0.717) is 12.8 Å². The number of alkyl halides is 3. The number of fused-ring (bicyclic) bond motifs is 1. The Morgan fingerprint density at radius 1 is 1.02 bits per heavy atom. The van der Waals surface area contributed by atoms with Crippen molar-refractivity contribution in [1.29, 1.82) is 0 Å². The zero-order valence-electron chi connectivity index (χ0n) is 25.6. The molecular formula is C30H47F3O5Si2. The van der Waals surface area contributed by atoms with E-state index >= 15 is 0 Å². The van der Waals surface area contributed by atoms with Gasteiger partial charge in [-0.2, -0.15) is 13.2 Å². The molecule has 3 rings (SSSR count). The van der Waals surface area contributed by atoms with E-state index in [4.69, 9.17) is 18.3 Å². The molecule has 1 aliphatic heterocycles. The van der Waals surface area contributed by atoms with Crippen molar-refractivity contribution in [3.8, 4) is 5.75 Å². The van der Waals surface area contributed by atoms with Gasteiger partial charge in [0.15, 0.2) is 16.6 Å². The lowest BCUT2D eigenvalue weighted by molar-refractivity contribution is -0.142. The van der Waals surface area contributed by atoms with Crippen LogP contribution in [0.1, 0.15) is 59.9 Å². The molecule has 40 heavy (non-hydrogen) atoms. The summed E-state index contributed by atoms with van der Waals surface area (Å²) in [6, 6.07) is 4.91. The first kappa shape index (κ1) is 32.9. The van der Waals surface area contributed by atoms with Crippen LogP contribution in [0, 0.1) is 11.8 Å². The summed E-state index contributed by atoms with van der Waals surface area (Å²) in [6.07, 6.45) is -0.131. The van der Waals surface area contributed by atoms with Gasteiger partial charge in [-0.05, 0) is 54.5 Å². The topological polar surface area (TPSA) is 54.0 Å². The molecule has 10 heteroatoms. The van der Waals surface area contributed by atoms with Gasteiger partial charge in [-0.1, -0.05) is 59.8 Å². The van der Waals surface area contributed by atoms with Crippen molar-refractivity contribution in [2.24, 2.45) is 11.8 Å². The Bertz CT molecular complexity index is 1070. The van der Waals surface area contributed by atoms with Gasteiger partial charge in [-0.25, -0.2) is 0 Å². The molecule has 1 saturated heterocycles. The Labute approximate surface area is 240 Å². The van der Waals surface area contributed by atoms with Crippen molar-refractivity contribution in [3.63, 3.8) is 0 Å². The SMILES string of the molecule is CC(C)(C)[Si](C)(C)O[C@H](C=C[C@@H]1[C@H]2CC(=O)O[C@H]2C[C@H]1O[Si](C)(C)C(C)(C)C)COc1cccc(C(F)(F)F)c1. The van der Waals surface area contributed by atoms with E-state index in [1.165, 1.54) is 12.1 Å². The molecule has 0 bridgehead atoms. The molecule has 5 atom stereocenters. The van der Waals surface area contributed by atoms with Crippen LogP contribution in [0.5, 0.6) is 5.75 Å². The molecule has 1 aliphatic carbocycles. The Kier molecular flexibility index (Phi) is 9.51. The predicted molar refractivity (Wildman–Crippen MR) is 156 cm³/mol. The van der Waals surface area contributed by atoms with Gasteiger partial charge in [-0.15, -0.1) is 0 Å². The summed E-state index contributed by atoms with van der Waals surface area (Å²) in [5, 5.41) is -0.0458. The van der Waals surface area contributed by atoms with Gasteiger partial charge in [0.25, 0.3) is 0 Å². The van der Waals surface area contributed by atoms with E-state index in [9.17, 15) is 18.0 Å². The highest BCUT2D eigenvalue weighted by atomic mass is 28.4. The van der Waals surface area contributed by atoms with Crippen molar-refractivity contribution in [1.82, 2.24) is 0 Å². The fourth-order valence-electron chi connectivity index (χ4n) is 4.72. The second-order valence-corrected chi connectivity index (χ2v) is 23.8. The molecule has 1 aromatic rings. The highest BCUT2D eigenvalue weighted by molar-refractivity contribution is 6.74. The number of carbonyl (C=O) groups is 1. The number of benzene rings is 1. The third-order valence-corrected chi connectivity index (χ3v) is 18.2. The standard InChI is InChI=1S/C30H47F3O5Si2/c1-28(2,3)39(7,8)37-22(19-35-21-13-11-12-20(16-21)30(31,32)33)14-15-23-24-17-27(34)36-25(24)18-26(23)38-40(9,10)29(4,5)6/h11-16,22-26H,17-19H2,1-10H3/t22-,23-,24-,25+,26-/m1/s1. The average Bonchev–Trinajstić information content (AvgIpc) is 3.28. The molecule has 0 N–H and O–H groups in total. The summed E-state index contributed by atoms with van der Waals surface area (Å²) < 4.78 is 64.8. The maximum Gasteiger partial charge on any atom is 0.416 e. The minimum atomic E-state index is -4.45. The fraction of sp³-hybridized carbons (Fsp3) is 0.700. The van der Waals surface area contributed by atoms with Gasteiger partial charge in [0.1, 0.15) is 18.5 Å².